The number of likely N-dealkylation sites (N-methyl/N-ethyl adjacent to an activating group) is 1. The van der Waals surface area contributed by atoms with Crippen LogP contribution < -0.4 is 10.1 Å². The van der Waals surface area contributed by atoms with Gasteiger partial charge in [-0.3, -0.25) is 0 Å². The van der Waals surface area contributed by atoms with Crippen molar-refractivity contribution in [1.82, 2.24) is 10.2 Å². The second-order valence-electron chi connectivity index (χ2n) is 4.98. The summed E-state index contributed by atoms with van der Waals surface area (Å²) in [6.45, 7) is 3.11. The second-order valence-corrected chi connectivity index (χ2v) is 4.98. The minimum Gasteiger partial charge on any atom is -0.493 e. The van der Waals surface area contributed by atoms with E-state index in [9.17, 15) is 9.18 Å². The van der Waals surface area contributed by atoms with Gasteiger partial charge in [0.15, 0.2) is 0 Å². The van der Waals surface area contributed by atoms with Gasteiger partial charge in [-0.1, -0.05) is 6.07 Å². The number of halogens is 1. The van der Waals surface area contributed by atoms with Gasteiger partial charge in [0.1, 0.15) is 11.6 Å². The maximum absolute atomic E-state index is 13.3. The van der Waals surface area contributed by atoms with Gasteiger partial charge in [-0.05, 0) is 25.8 Å². The van der Waals surface area contributed by atoms with Crippen molar-refractivity contribution in [1.29, 1.82) is 0 Å². The molecule has 0 saturated heterocycles. The number of hydrogen-bond donors (Lipinski definition) is 2. The van der Waals surface area contributed by atoms with Crippen molar-refractivity contribution in [2.45, 2.75) is 25.8 Å². The lowest BCUT2D eigenvalue weighted by Crippen LogP contribution is -2.42. The van der Waals surface area contributed by atoms with Crippen molar-refractivity contribution in [2.75, 3.05) is 26.3 Å². The number of rotatable bonds is 4. The molecule has 1 aromatic rings. The first-order valence-corrected chi connectivity index (χ1v) is 7.24. The molecule has 0 fully saturated rings. The summed E-state index contributed by atoms with van der Waals surface area (Å²) in [6.07, 6.45) is 1.52. The first-order chi connectivity index (χ1) is 10.2. The van der Waals surface area contributed by atoms with E-state index >= 15 is 0 Å². The van der Waals surface area contributed by atoms with Gasteiger partial charge < -0.3 is 20.1 Å². The minimum absolute atomic E-state index is 0.0726. The molecule has 6 heteroatoms. The number of carbonyl (C=O) groups is 1. The molecule has 1 aliphatic heterocycles. The van der Waals surface area contributed by atoms with Crippen LogP contribution in [0.4, 0.5) is 9.18 Å². The molecule has 2 N–H and O–H groups in total. The van der Waals surface area contributed by atoms with Gasteiger partial charge in [-0.25, -0.2) is 9.18 Å². The summed E-state index contributed by atoms with van der Waals surface area (Å²) in [5, 5.41) is 11.9. The Kier molecular flexibility index (Phi) is 5.38. The molecule has 1 atom stereocenters. The number of hydrogen-bond acceptors (Lipinski definition) is 3. The molecule has 0 aliphatic carbocycles. The fourth-order valence-electron chi connectivity index (χ4n) is 2.46. The number of benzene rings is 1. The number of urea groups is 1. The Bertz CT molecular complexity index is 496. The normalized spacial score (nSPS) is 17.4. The van der Waals surface area contributed by atoms with Crippen LogP contribution in [0.1, 0.15) is 31.4 Å². The average molecular weight is 296 g/mol. The van der Waals surface area contributed by atoms with Gasteiger partial charge in [0, 0.05) is 24.7 Å². The zero-order valence-electron chi connectivity index (χ0n) is 12.1. The van der Waals surface area contributed by atoms with E-state index < -0.39 is 0 Å². The quantitative estimate of drug-likeness (QED) is 0.894. The molecule has 2 rings (SSSR count). The number of nitrogens with zero attached hydrogens (tertiary/aromatic N) is 1. The molecule has 1 heterocycles. The Labute approximate surface area is 123 Å². The van der Waals surface area contributed by atoms with Crippen molar-refractivity contribution in [2.24, 2.45) is 0 Å². The average Bonchev–Trinajstić information content (AvgIpc) is 2.66. The molecule has 0 radical (unpaired) electrons. The van der Waals surface area contributed by atoms with Gasteiger partial charge >= 0.3 is 6.03 Å². The first kappa shape index (κ1) is 15.6. The molecule has 5 nitrogen and oxygen atoms in total. The Morgan fingerprint density at radius 3 is 3.10 bits per heavy atom. The van der Waals surface area contributed by atoms with E-state index in [1.807, 2.05) is 6.92 Å². The van der Waals surface area contributed by atoms with E-state index in [1.54, 1.807) is 6.07 Å². The molecular weight excluding hydrogens is 275 g/mol. The molecule has 1 aliphatic rings. The summed E-state index contributed by atoms with van der Waals surface area (Å²) in [5.41, 5.74) is 0.794. The minimum atomic E-state index is -0.351. The molecule has 1 unspecified atom stereocenters. The molecule has 2 amide bonds. The fraction of sp³-hybridized carbons (Fsp3) is 0.533. The largest absolute Gasteiger partial charge is 0.493 e. The Morgan fingerprint density at radius 2 is 2.38 bits per heavy atom. The van der Waals surface area contributed by atoms with Gasteiger partial charge in [0.25, 0.3) is 0 Å². The highest BCUT2D eigenvalue weighted by molar-refractivity contribution is 5.74. The Morgan fingerprint density at radius 1 is 1.57 bits per heavy atom. The van der Waals surface area contributed by atoms with Crippen molar-refractivity contribution in [3.8, 4) is 5.75 Å². The van der Waals surface area contributed by atoms with Crippen molar-refractivity contribution in [3.05, 3.63) is 29.6 Å². The third kappa shape index (κ3) is 3.85. The molecule has 0 aromatic heterocycles. The summed E-state index contributed by atoms with van der Waals surface area (Å²) in [4.78, 5) is 13.7. The lowest BCUT2D eigenvalue weighted by molar-refractivity contribution is 0.176. The van der Waals surface area contributed by atoms with E-state index in [0.717, 1.165) is 18.4 Å². The van der Waals surface area contributed by atoms with Gasteiger partial charge in [0.2, 0.25) is 0 Å². The topological polar surface area (TPSA) is 61.8 Å². The zero-order valence-corrected chi connectivity index (χ0v) is 12.1. The first-order valence-electron chi connectivity index (χ1n) is 7.24. The lowest BCUT2D eigenvalue weighted by atomic mass is 10.0. The van der Waals surface area contributed by atoms with E-state index in [2.05, 4.69) is 5.32 Å². The summed E-state index contributed by atoms with van der Waals surface area (Å²) in [6, 6.07) is 3.95. The molecule has 21 heavy (non-hydrogen) atoms. The summed E-state index contributed by atoms with van der Waals surface area (Å²) in [7, 11) is 0. The van der Waals surface area contributed by atoms with Crippen LogP contribution in [0.3, 0.4) is 0 Å². The monoisotopic (exact) mass is 296 g/mol. The van der Waals surface area contributed by atoms with Crippen LogP contribution >= 0.6 is 0 Å². The standard InChI is InChI=1S/C15H21FN2O3/c1-2-18(7-8-19)15(20)17-13-4-3-9-21-14-10-11(16)5-6-12(13)14/h5-6,10,13,19H,2-4,7-9H2,1H3,(H,17,20). The fourth-order valence-corrected chi connectivity index (χ4v) is 2.46. The van der Waals surface area contributed by atoms with Crippen molar-refractivity contribution >= 4 is 6.03 Å². The van der Waals surface area contributed by atoms with Crippen molar-refractivity contribution in [3.63, 3.8) is 0 Å². The highest BCUT2D eigenvalue weighted by Crippen LogP contribution is 2.32. The second kappa shape index (κ2) is 7.26. The predicted molar refractivity (Wildman–Crippen MR) is 76.7 cm³/mol. The summed E-state index contributed by atoms with van der Waals surface area (Å²) < 4.78 is 18.8. The molecule has 0 spiro atoms. The number of amides is 2. The predicted octanol–water partition coefficient (Wildman–Crippen LogP) is 2.06. The third-order valence-electron chi connectivity index (χ3n) is 3.58. The number of aliphatic hydroxyl groups is 1. The van der Waals surface area contributed by atoms with Gasteiger partial charge in [-0.2, -0.15) is 0 Å². The summed E-state index contributed by atoms with van der Waals surface area (Å²) >= 11 is 0. The number of fused-ring (bicyclic) bond motifs is 1. The molecule has 0 saturated carbocycles. The number of ether oxygens (including phenoxy) is 1. The van der Waals surface area contributed by atoms with Crippen LogP contribution in [0, 0.1) is 5.82 Å². The Hall–Kier alpha value is -1.82. The van der Waals surface area contributed by atoms with Gasteiger partial charge in [-0.15, -0.1) is 0 Å². The third-order valence-corrected chi connectivity index (χ3v) is 3.58. The molecular formula is C15H21FN2O3. The number of nitrogens with one attached hydrogen (secondary N) is 1. The smallest absolute Gasteiger partial charge is 0.317 e. The maximum Gasteiger partial charge on any atom is 0.317 e. The van der Waals surface area contributed by atoms with Crippen LogP contribution in [0.15, 0.2) is 18.2 Å². The van der Waals surface area contributed by atoms with Crippen LogP contribution in [0.2, 0.25) is 0 Å². The molecule has 1 aromatic carbocycles. The van der Waals surface area contributed by atoms with E-state index in [1.165, 1.54) is 17.0 Å². The number of aliphatic hydroxyl groups excluding tert-OH is 1. The van der Waals surface area contributed by atoms with Crippen molar-refractivity contribution < 1.29 is 19.0 Å². The lowest BCUT2D eigenvalue weighted by Gasteiger charge is -2.25. The summed E-state index contributed by atoms with van der Waals surface area (Å²) in [5.74, 6) is 0.138. The van der Waals surface area contributed by atoms with E-state index in [0.29, 0.717) is 25.4 Å². The molecule has 0 bridgehead atoms. The number of carbonyl (C=O) groups excluding carboxylic acids is 1. The van der Waals surface area contributed by atoms with E-state index in [4.69, 9.17) is 9.84 Å². The zero-order chi connectivity index (χ0) is 15.2. The van der Waals surface area contributed by atoms with Crippen LogP contribution in [-0.2, 0) is 0 Å². The Balaban J connectivity index is 2.15. The maximum atomic E-state index is 13.3. The highest BCUT2D eigenvalue weighted by Gasteiger charge is 2.23. The highest BCUT2D eigenvalue weighted by atomic mass is 19.1. The van der Waals surface area contributed by atoms with Crippen LogP contribution in [-0.4, -0.2) is 42.3 Å². The van der Waals surface area contributed by atoms with Crippen LogP contribution in [0.5, 0.6) is 5.75 Å². The molecule has 116 valence electrons. The van der Waals surface area contributed by atoms with Crippen LogP contribution in [0.25, 0.3) is 0 Å². The van der Waals surface area contributed by atoms with E-state index in [-0.39, 0.29) is 24.5 Å². The SMILES string of the molecule is CCN(CCO)C(=O)NC1CCCOc2cc(F)ccc21. The van der Waals surface area contributed by atoms with Gasteiger partial charge in [0.05, 0.1) is 19.3 Å².